The summed E-state index contributed by atoms with van der Waals surface area (Å²) in [7, 11) is -0.302. The Hall–Kier alpha value is -1.99. The predicted molar refractivity (Wildman–Crippen MR) is 88.6 cm³/mol. The second kappa shape index (κ2) is 6.85. The van der Waals surface area contributed by atoms with Gasteiger partial charge in [-0.3, -0.25) is 9.52 Å². The molecule has 0 aliphatic carbocycles. The van der Waals surface area contributed by atoms with Crippen molar-refractivity contribution in [2.75, 3.05) is 18.8 Å². The summed E-state index contributed by atoms with van der Waals surface area (Å²) in [6, 6.07) is 14.9. The van der Waals surface area contributed by atoms with Crippen molar-refractivity contribution in [2.45, 2.75) is 9.79 Å². The van der Waals surface area contributed by atoms with Crippen LogP contribution in [0, 0.1) is 0 Å². The Labute approximate surface area is 134 Å². The van der Waals surface area contributed by atoms with Gasteiger partial charge in [0.1, 0.15) is 0 Å². The van der Waals surface area contributed by atoms with Crippen molar-refractivity contribution >= 4 is 32.7 Å². The summed E-state index contributed by atoms with van der Waals surface area (Å²) in [6.07, 6.45) is 0. The third-order valence-corrected chi connectivity index (χ3v) is 5.14. The topological polar surface area (TPSA) is 66.5 Å². The van der Waals surface area contributed by atoms with E-state index >= 15 is 0 Å². The first kappa shape index (κ1) is 16.4. The first-order chi connectivity index (χ1) is 10.4. The number of carbonyl (C=O) groups is 1. The van der Waals surface area contributed by atoms with E-state index in [1.165, 1.54) is 17.0 Å². The molecule has 0 radical (unpaired) electrons. The summed E-state index contributed by atoms with van der Waals surface area (Å²) < 4.78 is 27.0. The average molecular weight is 336 g/mol. The van der Waals surface area contributed by atoms with Crippen molar-refractivity contribution in [2.24, 2.45) is 0 Å². The van der Waals surface area contributed by atoms with Gasteiger partial charge in [0.05, 0.1) is 4.90 Å². The van der Waals surface area contributed by atoms with Gasteiger partial charge in [0, 0.05) is 24.7 Å². The number of hydrogen-bond acceptors (Lipinski definition) is 4. The number of thioether (sulfide) groups is 1. The molecule has 0 aliphatic heterocycles. The predicted octanol–water partition coefficient (Wildman–Crippen LogP) is 3.26. The van der Waals surface area contributed by atoms with Crippen molar-refractivity contribution in [3.05, 3.63) is 54.6 Å². The normalized spacial score (nSPS) is 11.0. The molecule has 1 amide bonds. The number of hydrogen-bond donors (Lipinski definition) is 1. The quantitative estimate of drug-likeness (QED) is 0.870. The number of anilines is 1. The van der Waals surface area contributed by atoms with E-state index in [1.54, 1.807) is 56.6 Å². The number of benzene rings is 2. The highest BCUT2D eigenvalue weighted by molar-refractivity contribution is 8.13. The summed E-state index contributed by atoms with van der Waals surface area (Å²) in [5, 5.41) is -0.122. The average Bonchev–Trinajstić information content (AvgIpc) is 2.48. The summed E-state index contributed by atoms with van der Waals surface area (Å²) in [6.45, 7) is 0. The molecule has 0 heterocycles. The summed E-state index contributed by atoms with van der Waals surface area (Å²) in [5.74, 6) is 0. The van der Waals surface area contributed by atoms with E-state index in [0.29, 0.717) is 10.6 Å². The van der Waals surface area contributed by atoms with E-state index in [1.807, 2.05) is 0 Å². The fourth-order valence-corrected chi connectivity index (χ4v) is 3.42. The molecule has 0 saturated heterocycles. The Bertz CT molecular complexity index is 759. The third kappa shape index (κ3) is 4.25. The molecule has 7 heteroatoms. The van der Waals surface area contributed by atoms with Gasteiger partial charge in [-0.05, 0) is 42.1 Å². The van der Waals surface area contributed by atoms with Crippen molar-refractivity contribution < 1.29 is 13.2 Å². The van der Waals surface area contributed by atoms with Crippen molar-refractivity contribution in [3.8, 4) is 0 Å². The van der Waals surface area contributed by atoms with Gasteiger partial charge in [-0.15, -0.1) is 0 Å². The first-order valence-corrected chi connectivity index (χ1v) is 8.75. The molecule has 0 saturated carbocycles. The van der Waals surface area contributed by atoms with E-state index in [2.05, 4.69) is 4.72 Å². The van der Waals surface area contributed by atoms with E-state index in [0.717, 1.165) is 11.8 Å². The zero-order valence-corrected chi connectivity index (χ0v) is 13.8. The van der Waals surface area contributed by atoms with Crippen LogP contribution in [0.4, 0.5) is 10.5 Å². The largest absolute Gasteiger partial charge is 0.339 e. The molecule has 116 valence electrons. The minimum Gasteiger partial charge on any atom is -0.339 e. The molecule has 22 heavy (non-hydrogen) atoms. The van der Waals surface area contributed by atoms with Crippen LogP contribution in [-0.4, -0.2) is 32.7 Å². The van der Waals surface area contributed by atoms with Gasteiger partial charge in [-0.1, -0.05) is 24.3 Å². The lowest BCUT2D eigenvalue weighted by atomic mass is 10.3. The van der Waals surface area contributed by atoms with Crippen LogP contribution in [0.15, 0.2) is 64.4 Å². The van der Waals surface area contributed by atoms with Crippen molar-refractivity contribution in [1.29, 1.82) is 0 Å². The Balaban J connectivity index is 2.19. The number of nitrogens with zero attached hydrogens (tertiary/aromatic N) is 1. The number of carbonyl (C=O) groups excluding carboxylic acids is 1. The van der Waals surface area contributed by atoms with E-state index in [9.17, 15) is 13.2 Å². The number of nitrogens with one attached hydrogen (secondary N) is 1. The molecule has 0 spiro atoms. The number of rotatable bonds is 4. The maximum absolute atomic E-state index is 12.3. The zero-order chi connectivity index (χ0) is 16.2. The molecular formula is C15H16N2O3S2. The molecule has 0 atom stereocenters. The van der Waals surface area contributed by atoms with Crippen LogP contribution in [0.2, 0.25) is 0 Å². The van der Waals surface area contributed by atoms with Crippen LogP contribution in [0.25, 0.3) is 0 Å². The van der Waals surface area contributed by atoms with Gasteiger partial charge in [0.15, 0.2) is 0 Å². The number of sulfonamides is 1. The molecule has 2 aromatic rings. The van der Waals surface area contributed by atoms with Crippen molar-refractivity contribution in [1.82, 2.24) is 4.90 Å². The lowest BCUT2D eigenvalue weighted by Gasteiger charge is -2.11. The lowest BCUT2D eigenvalue weighted by Crippen LogP contribution is -2.16. The fraction of sp³-hybridized carbons (Fsp3) is 0.133. The summed E-state index contributed by atoms with van der Waals surface area (Å²) >= 11 is 1.04. The second-order valence-corrected chi connectivity index (χ2v) is 7.42. The minimum absolute atomic E-state index is 0.122. The van der Waals surface area contributed by atoms with Crippen LogP contribution in [-0.2, 0) is 10.0 Å². The Kier molecular flexibility index (Phi) is 5.10. The molecule has 0 bridgehead atoms. The van der Waals surface area contributed by atoms with Crippen LogP contribution in [0.1, 0.15) is 0 Å². The van der Waals surface area contributed by atoms with E-state index in [-0.39, 0.29) is 10.1 Å². The molecule has 2 rings (SSSR count). The fourth-order valence-electron chi connectivity index (χ4n) is 1.63. The highest BCUT2D eigenvalue weighted by atomic mass is 32.2. The minimum atomic E-state index is -3.63. The molecule has 2 aromatic carbocycles. The Morgan fingerprint density at radius 1 is 1.05 bits per heavy atom. The smallest absolute Gasteiger partial charge is 0.285 e. The van der Waals surface area contributed by atoms with Gasteiger partial charge < -0.3 is 4.90 Å². The molecule has 0 aliphatic rings. The monoisotopic (exact) mass is 336 g/mol. The molecule has 1 N–H and O–H groups in total. The third-order valence-electron chi connectivity index (χ3n) is 2.71. The van der Waals surface area contributed by atoms with Gasteiger partial charge >= 0.3 is 0 Å². The van der Waals surface area contributed by atoms with Gasteiger partial charge in [0.2, 0.25) is 0 Å². The van der Waals surface area contributed by atoms with Crippen LogP contribution < -0.4 is 4.72 Å². The second-order valence-electron chi connectivity index (χ2n) is 4.71. The van der Waals surface area contributed by atoms with Gasteiger partial charge in [-0.2, -0.15) is 0 Å². The van der Waals surface area contributed by atoms with Crippen LogP contribution >= 0.6 is 11.8 Å². The lowest BCUT2D eigenvalue weighted by molar-refractivity contribution is 0.241. The standard InChI is InChI=1S/C15H16N2O3S2/c1-17(2)15(18)21-13-8-6-7-12(11-13)16-22(19,20)14-9-4-3-5-10-14/h3-11,16H,1-2H3. The first-order valence-electron chi connectivity index (χ1n) is 6.45. The maximum atomic E-state index is 12.3. The Morgan fingerprint density at radius 2 is 1.73 bits per heavy atom. The molecule has 0 fully saturated rings. The molecule has 0 aromatic heterocycles. The SMILES string of the molecule is CN(C)C(=O)Sc1cccc(NS(=O)(=O)c2ccccc2)c1. The highest BCUT2D eigenvalue weighted by Gasteiger charge is 2.14. The van der Waals surface area contributed by atoms with Gasteiger partial charge in [0.25, 0.3) is 15.3 Å². The number of amides is 1. The molecule has 5 nitrogen and oxygen atoms in total. The van der Waals surface area contributed by atoms with Crippen molar-refractivity contribution in [3.63, 3.8) is 0 Å². The van der Waals surface area contributed by atoms with E-state index < -0.39 is 10.0 Å². The highest BCUT2D eigenvalue weighted by Crippen LogP contribution is 2.25. The molecule has 0 unspecified atom stereocenters. The van der Waals surface area contributed by atoms with Crippen LogP contribution in [0.5, 0.6) is 0 Å². The van der Waals surface area contributed by atoms with Crippen LogP contribution in [0.3, 0.4) is 0 Å². The Morgan fingerprint density at radius 3 is 2.36 bits per heavy atom. The van der Waals surface area contributed by atoms with Gasteiger partial charge in [-0.25, -0.2) is 8.42 Å². The molecular weight excluding hydrogens is 320 g/mol. The van der Waals surface area contributed by atoms with E-state index in [4.69, 9.17) is 0 Å². The summed E-state index contributed by atoms with van der Waals surface area (Å²) in [5.41, 5.74) is 0.417. The maximum Gasteiger partial charge on any atom is 0.285 e. The zero-order valence-electron chi connectivity index (χ0n) is 12.2. The summed E-state index contributed by atoms with van der Waals surface area (Å²) in [4.78, 5) is 14.0.